The van der Waals surface area contributed by atoms with Crippen LogP contribution in [-0.4, -0.2) is 11.7 Å². The molecule has 0 N–H and O–H groups in total. The molecule has 0 radical (unpaired) electrons. The molecule has 0 aliphatic heterocycles. The van der Waals surface area contributed by atoms with Gasteiger partial charge in [0, 0.05) is 6.42 Å². The quantitative estimate of drug-likeness (QED) is 0.0875. The molecule has 2 heteroatoms. The molecule has 0 saturated carbocycles. The second kappa shape index (κ2) is 28.9. The Morgan fingerprint density at radius 2 is 0.688 bits per heavy atom. The highest BCUT2D eigenvalue weighted by molar-refractivity contribution is 7.80. The maximum absolute atomic E-state index is 5.77. The van der Waals surface area contributed by atoms with Crippen LogP contribution >= 0.6 is 12.2 Å². The van der Waals surface area contributed by atoms with E-state index in [1.165, 1.54) is 161 Å². The topological polar surface area (TPSA) is 9.23 Å². The third kappa shape index (κ3) is 27.9. The van der Waals surface area contributed by atoms with Crippen molar-refractivity contribution in [1.82, 2.24) is 0 Å². The van der Waals surface area contributed by atoms with Gasteiger partial charge in [0.2, 0.25) is 0 Å². The zero-order valence-corrected chi connectivity index (χ0v) is 23.2. The van der Waals surface area contributed by atoms with E-state index in [-0.39, 0.29) is 0 Å². The molecule has 0 aromatic heterocycles. The van der Waals surface area contributed by atoms with Crippen LogP contribution in [-0.2, 0) is 4.74 Å². The van der Waals surface area contributed by atoms with Crippen LogP contribution in [0.2, 0.25) is 0 Å². The van der Waals surface area contributed by atoms with Crippen LogP contribution in [0, 0.1) is 0 Å². The molecular formula is C30H60OS. The first-order valence-corrected chi connectivity index (χ1v) is 15.4. The molecule has 0 rings (SSSR count). The fourth-order valence-corrected chi connectivity index (χ4v) is 4.72. The Balaban J connectivity index is 3.13. The van der Waals surface area contributed by atoms with Gasteiger partial charge in [-0.15, -0.1) is 0 Å². The molecule has 0 aliphatic rings. The second-order valence-corrected chi connectivity index (χ2v) is 10.6. The zero-order chi connectivity index (χ0) is 23.4. The third-order valence-corrected chi connectivity index (χ3v) is 7.07. The number of thiocarbonyl (C=S) groups is 1. The average Bonchev–Trinajstić information content (AvgIpc) is 2.80. The Hall–Kier alpha value is -0.110. The Labute approximate surface area is 209 Å². The number of hydrogen-bond donors (Lipinski definition) is 0. The lowest BCUT2D eigenvalue weighted by molar-refractivity contribution is 0.290. The van der Waals surface area contributed by atoms with Gasteiger partial charge in [0.15, 0.2) is 5.05 Å². The van der Waals surface area contributed by atoms with E-state index >= 15 is 0 Å². The lowest BCUT2D eigenvalue weighted by atomic mass is 10.0. The summed E-state index contributed by atoms with van der Waals surface area (Å²) < 4.78 is 5.77. The van der Waals surface area contributed by atoms with Crippen LogP contribution in [0.5, 0.6) is 0 Å². The zero-order valence-electron chi connectivity index (χ0n) is 22.4. The normalized spacial score (nSPS) is 11.2. The van der Waals surface area contributed by atoms with Gasteiger partial charge < -0.3 is 4.74 Å². The number of unbranched alkanes of at least 4 members (excludes halogenated alkanes) is 23. The smallest absolute Gasteiger partial charge is 0.159 e. The summed E-state index contributed by atoms with van der Waals surface area (Å²) in [6, 6.07) is 0. The molecule has 1 nitrogen and oxygen atoms in total. The second-order valence-electron chi connectivity index (χ2n) is 10.1. The maximum Gasteiger partial charge on any atom is 0.159 e. The number of ether oxygens (including phenoxy) is 1. The molecule has 0 bridgehead atoms. The van der Waals surface area contributed by atoms with Crippen molar-refractivity contribution in [3.8, 4) is 0 Å². The van der Waals surface area contributed by atoms with E-state index in [0.29, 0.717) is 0 Å². The lowest BCUT2D eigenvalue weighted by Crippen LogP contribution is -2.03. The standard InChI is InChI=1S/C30H60OS/c1-3-5-7-9-11-13-15-16-17-19-21-23-25-27-29-31-30(32)28-26-24-22-20-18-14-12-10-8-6-4-2/h3-29H2,1-2H3. The minimum atomic E-state index is 0.842. The Morgan fingerprint density at radius 3 is 1.03 bits per heavy atom. The molecule has 0 aliphatic carbocycles. The highest BCUT2D eigenvalue weighted by Crippen LogP contribution is 2.14. The summed E-state index contributed by atoms with van der Waals surface area (Å²) in [5.74, 6) is 0. The van der Waals surface area contributed by atoms with Crippen molar-refractivity contribution in [1.29, 1.82) is 0 Å². The molecule has 0 fully saturated rings. The Kier molecular flexibility index (Phi) is 28.8. The van der Waals surface area contributed by atoms with E-state index in [9.17, 15) is 0 Å². The molecule has 0 aromatic carbocycles. The van der Waals surface area contributed by atoms with Crippen molar-refractivity contribution in [3.63, 3.8) is 0 Å². The van der Waals surface area contributed by atoms with Crippen molar-refractivity contribution < 1.29 is 4.74 Å². The van der Waals surface area contributed by atoms with E-state index in [4.69, 9.17) is 17.0 Å². The van der Waals surface area contributed by atoms with Crippen molar-refractivity contribution in [2.75, 3.05) is 6.61 Å². The predicted molar refractivity (Wildman–Crippen MR) is 150 cm³/mol. The lowest BCUT2D eigenvalue weighted by Gasteiger charge is -2.08. The van der Waals surface area contributed by atoms with Crippen LogP contribution in [0.4, 0.5) is 0 Å². The maximum atomic E-state index is 5.77. The van der Waals surface area contributed by atoms with E-state index in [1.807, 2.05) is 0 Å². The van der Waals surface area contributed by atoms with Gasteiger partial charge in [-0.3, -0.25) is 0 Å². The summed E-state index contributed by atoms with van der Waals surface area (Å²) in [5, 5.41) is 0.857. The van der Waals surface area contributed by atoms with Crippen molar-refractivity contribution in [2.45, 2.75) is 181 Å². The summed E-state index contributed by atoms with van der Waals surface area (Å²) >= 11 is 5.40. The highest BCUT2D eigenvalue weighted by atomic mass is 32.1. The molecule has 192 valence electrons. The first-order chi connectivity index (χ1) is 15.8. The molecule has 0 unspecified atom stereocenters. The minimum Gasteiger partial charge on any atom is -0.487 e. The fraction of sp³-hybridized carbons (Fsp3) is 0.967. The van der Waals surface area contributed by atoms with Crippen LogP contribution in [0.3, 0.4) is 0 Å². The first kappa shape index (κ1) is 31.9. The van der Waals surface area contributed by atoms with Gasteiger partial charge in [-0.2, -0.15) is 0 Å². The fourth-order valence-electron chi connectivity index (χ4n) is 4.49. The molecular weight excluding hydrogens is 408 g/mol. The predicted octanol–water partition coefficient (Wildman–Crippen LogP) is 11.5. The van der Waals surface area contributed by atoms with Gasteiger partial charge in [-0.05, 0) is 25.1 Å². The SMILES string of the molecule is CCCCCCCCCCCCCCCCOC(=S)CCCCCCCCCCCCC. The molecule has 0 amide bonds. The Bertz CT molecular complexity index is 355. The van der Waals surface area contributed by atoms with E-state index in [2.05, 4.69) is 13.8 Å². The first-order valence-electron chi connectivity index (χ1n) is 15.0. The van der Waals surface area contributed by atoms with Gasteiger partial charge in [0.1, 0.15) is 0 Å². The van der Waals surface area contributed by atoms with Crippen LogP contribution in [0.25, 0.3) is 0 Å². The molecule has 0 aromatic rings. The van der Waals surface area contributed by atoms with Crippen molar-refractivity contribution >= 4 is 17.3 Å². The monoisotopic (exact) mass is 468 g/mol. The van der Waals surface area contributed by atoms with Gasteiger partial charge in [0.05, 0.1) is 6.61 Å². The summed E-state index contributed by atoms with van der Waals surface area (Å²) in [6.45, 7) is 5.43. The third-order valence-electron chi connectivity index (χ3n) is 6.75. The van der Waals surface area contributed by atoms with Gasteiger partial charge in [0.25, 0.3) is 0 Å². The summed E-state index contributed by atoms with van der Waals surface area (Å²) in [4.78, 5) is 0. The molecule has 32 heavy (non-hydrogen) atoms. The Morgan fingerprint density at radius 1 is 0.406 bits per heavy atom. The summed E-state index contributed by atoms with van der Waals surface area (Å²) in [7, 11) is 0. The molecule has 0 heterocycles. The van der Waals surface area contributed by atoms with Crippen LogP contribution in [0.15, 0.2) is 0 Å². The molecule has 0 atom stereocenters. The van der Waals surface area contributed by atoms with E-state index < -0.39 is 0 Å². The van der Waals surface area contributed by atoms with Gasteiger partial charge in [-0.1, -0.05) is 162 Å². The molecule has 0 saturated heterocycles. The van der Waals surface area contributed by atoms with Crippen LogP contribution in [0.1, 0.15) is 181 Å². The minimum absolute atomic E-state index is 0.842. The van der Waals surface area contributed by atoms with Gasteiger partial charge >= 0.3 is 0 Å². The van der Waals surface area contributed by atoms with Gasteiger partial charge in [-0.25, -0.2) is 0 Å². The average molecular weight is 469 g/mol. The summed E-state index contributed by atoms with van der Waals surface area (Å²) in [6.07, 6.45) is 35.9. The van der Waals surface area contributed by atoms with Crippen LogP contribution < -0.4 is 0 Å². The largest absolute Gasteiger partial charge is 0.487 e. The van der Waals surface area contributed by atoms with E-state index in [0.717, 1.165) is 18.1 Å². The number of rotatable bonds is 27. The summed E-state index contributed by atoms with van der Waals surface area (Å²) in [5.41, 5.74) is 0. The van der Waals surface area contributed by atoms with Crippen molar-refractivity contribution in [3.05, 3.63) is 0 Å². The van der Waals surface area contributed by atoms with Crippen molar-refractivity contribution in [2.24, 2.45) is 0 Å². The van der Waals surface area contributed by atoms with E-state index in [1.54, 1.807) is 0 Å². The number of hydrogen-bond acceptors (Lipinski definition) is 2. The highest BCUT2D eigenvalue weighted by Gasteiger charge is 1.99. The molecule has 0 spiro atoms.